The molecule has 174 valence electrons. The van der Waals surface area contributed by atoms with E-state index in [1.165, 1.54) is 28.6 Å². The van der Waals surface area contributed by atoms with Crippen LogP contribution in [0, 0.1) is 0 Å². The van der Waals surface area contributed by atoms with Crippen LogP contribution in [0.15, 0.2) is 53.4 Å². The molecule has 2 aromatic carbocycles. The maximum Gasteiger partial charge on any atom is 0.251 e. The highest BCUT2D eigenvalue weighted by atomic mass is 35.5. The van der Waals surface area contributed by atoms with Gasteiger partial charge in [0.2, 0.25) is 10.0 Å². The lowest BCUT2D eigenvalue weighted by Gasteiger charge is -2.35. The largest absolute Gasteiger partial charge is 0.351 e. The Bertz CT molecular complexity index is 1000. The van der Waals surface area contributed by atoms with Crippen LogP contribution in [0.5, 0.6) is 0 Å². The Hall–Kier alpha value is -2.00. The number of hydrogen-bond acceptors (Lipinski definition) is 4. The lowest BCUT2D eigenvalue weighted by atomic mass is 9.93. The van der Waals surface area contributed by atoms with Crippen molar-refractivity contribution in [3.63, 3.8) is 0 Å². The minimum atomic E-state index is -3.94. The number of carbonyl (C=O) groups excluding carboxylic acids is 1. The average molecular weight is 482 g/mol. The van der Waals surface area contributed by atoms with E-state index in [1.807, 2.05) is 0 Å². The van der Waals surface area contributed by atoms with Gasteiger partial charge in [0.05, 0.1) is 10.9 Å². The van der Waals surface area contributed by atoms with Crippen LogP contribution in [0.3, 0.4) is 0 Å². The third-order valence-corrected chi connectivity index (χ3v) is 7.79. The molecule has 1 saturated carbocycles. The van der Waals surface area contributed by atoms with Crippen LogP contribution in [0.4, 0.5) is 4.39 Å². The molecule has 1 amide bonds. The fourth-order valence-electron chi connectivity index (χ4n) is 3.86. The van der Waals surface area contributed by atoms with Gasteiger partial charge < -0.3 is 10.6 Å². The first-order chi connectivity index (χ1) is 15.3. The van der Waals surface area contributed by atoms with Gasteiger partial charge in [0.25, 0.3) is 5.91 Å². The molecule has 0 bridgehead atoms. The van der Waals surface area contributed by atoms with E-state index in [0.717, 1.165) is 12.8 Å². The Balaban J connectivity index is 1.84. The summed E-state index contributed by atoms with van der Waals surface area (Å²) in [6.07, 6.45) is 1.14. The van der Waals surface area contributed by atoms with E-state index in [1.54, 1.807) is 31.3 Å². The molecular weight excluding hydrogens is 453 g/mol. The number of hydrogen-bond donors (Lipinski definition) is 2. The van der Waals surface area contributed by atoms with Crippen molar-refractivity contribution in [1.82, 2.24) is 14.9 Å². The van der Waals surface area contributed by atoms with Crippen molar-refractivity contribution in [2.45, 2.75) is 49.3 Å². The summed E-state index contributed by atoms with van der Waals surface area (Å²) < 4.78 is 43.0. The second-order valence-electron chi connectivity index (χ2n) is 7.93. The summed E-state index contributed by atoms with van der Waals surface area (Å²) in [5.74, 6) is -0.200. The lowest BCUT2D eigenvalue weighted by molar-refractivity contribution is 0.0954. The predicted molar refractivity (Wildman–Crippen MR) is 124 cm³/mol. The van der Waals surface area contributed by atoms with Crippen molar-refractivity contribution >= 4 is 27.5 Å². The van der Waals surface area contributed by atoms with Crippen LogP contribution in [0.25, 0.3) is 0 Å². The lowest BCUT2D eigenvalue weighted by Crippen LogP contribution is -2.46. The molecular formula is C23H29ClFN3O3S. The number of halogens is 2. The number of nitrogens with zero attached hydrogens (tertiary/aromatic N) is 1. The van der Waals surface area contributed by atoms with E-state index in [4.69, 9.17) is 11.6 Å². The van der Waals surface area contributed by atoms with Crippen molar-refractivity contribution in [2.24, 2.45) is 0 Å². The zero-order chi connectivity index (χ0) is 23.1. The second kappa shape index (κ2) is 11.2. The molecule has 0 radical (unpaired) electrons. The number of benzene rings is 2. The van der Waals surface area contributed by atoms with Crippen LogP contribution in [0.2, 0.25) is 5.02 Å². The number of carbonyl (C=O) groups is 1. The van der Waals surface area contributed by atoms with Crippen molar-refractivity contribution in [3.05, 3.63) is 64.7 Å². The van der Waals surface area contributed by atoms with Crippen LogP contribution in [0.1, 0.15) is 41.6 Å². The Morgan fingerprint density at radius 3 is 2.34 bits per heavy atom. The summed E-state index contributed by atoms with van der Waals surface area (Å²) in [5, 5.41) is 6.19. The number of amides is 1. The third-order valence-electron chi connectivity index (χ3n) is 5.65. The molecule has 0 heterocycles. The van der Waals surface area contributed by atoms with E-state index < -0.39 is 22.2 Å². The highest BCUT2D eigenvalue weighted by molar-refractivity contribution is 7.89. The summed E-state index contributed by atoms with van der Waals surface area (Å²) in [4.78, 5) is 12.3. The van der Waals surface area contributed by atoms with E-state index in [2.05, 4.69) is 10.6 Å². The van der Waals surface area contributed by atoms with Crippen molar-refractivity contribution < 1.29 is 17.6 Å². The zero-order valence-electron chi connectivity index (χ0n) is 18.1. The van der Waals surface area contributed by atoms with Crippen molar-refractivity contribution in [1.29, 1.82) is 0 Å². The van der Waals surface area contributed by atoms with Crippen LogP contribution in [-0.4, -0.2) is 51.0 Å². The van der Waals surface area contributed by atoms with Crippen molar-refractivity contribution in [2.75, 3.05) is 20.1 Å². The molecule has 9 heteroatoms. The van der Waals surface area contributed by atoms with Gasteiger partial charge in [-0.25, -0.2) is 12.8 Å². The molecule has 1 aliphatic carbocycles. The first-order valence-electron chi connectivity index (χ1n) is 10.8. The maximum absolute atomic E-state index is 14.8. The Labute approximate surface area is 194 Å². The fourth-order valence-corrected chi connectivity index (χ4v) is 5.65. The summed E-state index contributed by atoms with van der Waals surface area (Å²) >= 11 is 5.92. The zero-order valence-corrected chi connectivity index (χ0v) is 19.6. The first-order valence-corrected chi connectivity index (χ1v) is 12.6. The van der Waals surface area contributed by atoms with Gasteiger partial charge in [-0.05, 0) is 61.9 Å². The van der Waals surface area contributed by atoms with Crippen LogP contribution >= 0.6 is 11.6 Å². The summed E-state index contributed by atoms with van der Waals surface area (Å²) in [5.41, 5.74) is 1.17. The first kappa shape index (κ1) is 24.6. The molecule has 0 saturated heterocycles. The predicted octanol–water partition coefficient (Wildman–Crippen LogP) is 3.76. The van der Waals surface area contributed by atoms with E-state index >= 15 is 0 Å². The molecule has 0 aliphatic heterocycles. The van der Waals surface area contributed by atoms with Gasteiger partial charge in [-0.15, -0.1) is 0 Å². The normalized spacial score (nSPS) is 19.1. The number of nitrogens with one attached hydrogen (secondary N) is 2. The quantitative estimate of drug-likeness (QED) is 0.534. The Morgan fingerprint density at radius 1 is 1.06 bits per heavy atom. The van der Waals surface area contributed by atoms with Crippen LogP contribution < -0.4 is 10.6 Å². The van der Waals surface area contributed by atoms with Gasteiger partial charge in [0, 0.05) is 30.2 Å². The Kier molecular flexibility index (Phi) is 8.64. The molecule has 6 nitrogen and oxygen atoms in total. The van der Waals surface area contributed by atoms with E-state index in [9.17, 15) is 17.6 Å². The molecule has 2 atom stereocenters. The summed E-state index contributed by atoms with van der Waals surface area (Å²) in [6, 6.07) is 11.9. The SMILES string of the molecule is CNCCNC(=O)c1ccc(CN(C2CCCCC2F)S(=O)(=O)c2ccc(Cl)cc2)cc1. The molecule has 2 N–H and O–H groups in total. The molecule has 1 aliphatic rings. The standard InChI is InChI=1S/C23H29ClFN3O3S/c1-26-14-15-27-23(29)18-8-6-17(7-9-18)16-28(22-5-3-2-4-21(22)25)32(30,31)20-12-10-19(24)11-13-20/h6-13,21-22,26H,2-5,14-16H2,1H3,(H,27,29). The van der Waals surface area contributed by atoms with E-state index in [0.29, 0.717) is 42.1 Å². The molecule has 32 heavy (non-hydrogen) atoms. The fraction of sp³-hybridized carbons (Fsp3) is 0.435. The van der Waals surface area contributed by atoms with Gasteiger partial charge in [-0.3, -0.25) is 4.79 Å². The molecule has 1 fully saturated rings. The topological polar surface area (TPSA) is 78.5 Å². The average Bonchev–Trinajstić information content (AvgIpc) is 2.79. The monoisotopic (exact) mass is 481 g/mol. The van der Waals surface area contributed by atoms with Gasteiger partial charge in [-0.2, -0.15) is 4.31 Å². The van der Waals surface area contributed by atoms with E-state index in [-0.39, 0.29) is 17.3 Å². The molecule has 2 aromatic rings. The smallest absolute Gasteiger partial charge is 0.251 e. The molecule has 3 rings (SSSR count). The minimum absolute atomic E-state index is 0.0255. The van der Waals surface area contributed by atoms with Gasteiger partial charge in [0.1, 0.15) is 6.17 Å². The third kappa shape index (κ3) is 6.07. The number of alkyl halides is 1. The van der Waals surface area contributed by atoms with Gasteiger partial charge in [-0.1, -0.05) is 36.6 Å². The molecule has 2 unspecified atom stereocenters. The highest BCUT2D eigenvalue weighted by Gasteiger charge is 2.38. The Morgan fingerprint density at radius 2 is 1.72 bits per heavy atom. The summed E-state index contributed by atoms with van der Waals surface area (Å²) in [7, 11) is -2.14. The van der Waals surface area contributed by atoms with Gasteiger partial charge in [0.15, 0.2) is 0 Å². The van der Waals surface area contributed by atoms with Crippen LogP contribution in [-0.2, 0) is 16.6 Å². The van der Waals surface area contributed by atoms with Crippen molar-refractivity contribution in [3.8, 4) is 0 Å². The highest BCUT2D eigenvalue weighted by Crippen LogP contribution is 2.31. The molecule has 0 spiro atoms. The number of sulfonamides is 1. The number of rotatable bonds is 9. The maximum atomic E-state index is 14.8. The molecule has 0 aromatic heterocycles. The van der Waals surface area contributed by atoms with Gasteiger partial charge >= 0.3 is 0 Å². The summed E-state index contributed by atoms with van der Waals surface area (Å²) in [6.45, 7) is 1.19. The minimum Gasteiger partial charge on any atom is -0.351 e. The number of likely N-dealkylation sites (N-methyl/N-ethyl adjacent to an activating group) is 1. The second-order valence-corrected chi connectivity index (χ2v) is 10.3.